The average Bonchev–Trinajstić information content (AvgIpc) is 3.36. The van der Waals surface area contributed by atoms with Crippen molar-refractivity contribution in [2.75, 3.05) is 49.5 Å². The van der Waals surface area contributed by atoms with E-state index in [0.717, 1.165) is 68.1 Å². The molecule has 0 aliphatic carbocycles. The van der Waals surface area contributed by atoms with Gasteiger partial charge in [-0.15, -0.1) is 11.3 Å². The average molecular weight is 410 g/mol. The highest BCUT2D eigenvalue weighted by atomic mass is 32.1. The maximum Gasteiger partial charge on any atom is 0.417 e. The largest absolute Gasteiger partial charge is 0.417 e. The number of nitrogens with zero attached hydrogens (tertiary/aromatic N) is 3. The van der Waals surface area contributed by atoms with E-state index in [1.807, 2.05) is 23.7 Å². The number of nitrogens with one attached hydrogen (secondary N) is 2. The molecule has 1 saturated heterocycles. The number of H-pyrrole nitrogens is 1. The molecule has 8 heteroatoms. The lowest BCUT2D eigenvalue weighted by Crippen LogP contribution is -2.46. The third-order valence-electron chi connectivity index (χ3n) is 5.45. The van der Waals surface area contributed by atoms with Crippen LogP contribution < -0.4 is 16.0 Å². The van der Waals surface area contributed by atoms with Crippen LogP contribution in [0.15, 0.2) is 51.1 Å². The molecule has 0 amide bonds. The zero-order valence-corrected chi connectivity index (χ0v) is 16.9. The summed E-state index contributed by atoms with van der Waals surface area (Å²) in [7, 11) is 0. The molecule has 3 heterocycles. The summed E-state index contributed by atoms with van der Waals surface area (Å²) in [5, 5.41) is 3.51. The molecule has 2 N–H and O–H groups in total. The van der Waals surface area contributed by atoms with Gasteiger partial charge in [-0.3, -0.25) is 9.88 Å². The Labute approximate surface area is 172 Å². The smallest absolute Gasteiger partial charge is 0.406 e. The molecule has 0 radical (unpaired) electrons. The van der Waals surface area contributed by atoms with E-state index >= 15 is 0 Å². The van der Waals surface area contributed by atoms with Crippen molar-refractivity contribution < 1.29 is 4.42 Å². The molecule has 0 atom stereocenters. The summed E-state index contributed by atoms with van der Waals surface area (Å²) >= 11 is 1.67. The van der Waals surface area contributed by atoms with Crippen molar-refractivity contribution in [2.24, 2.45) is 0 Å². The van der Waals surface area contributed by atoms with E-state index in [4.69, 9.17) is 4.42 Å². The molecule has 4 aromatic rings. The van der Waals surface area contributed by atoms with Gasteiger partial charge in [0.25, 0.3) is 0 Å². The summed E-state index contributed by atoms with van der Waals surface area (Å²) in [5.74, 6) is -0.396. The molecule has 2 aromatic heterocycles. The molecule has 7 nitrogen and oxygen atoms in total. The van der Waals surface area contributed by atoms with Gasteiger partial charge in [-0.05, 0) is 43.3 Å². The van der Waals surface area contributed by atoms with Gasteiger partial charge in [0, 0.05) is 38.4 Å². The van der Waals surface area contributed by atoms with E-state index in [0.29, 0.717) is 5.58 Å². The molecular formula is C21H23N5O2S. The van der Waals surface area contributed by atoms with Crippen LogP contribution in [0.2, 0.25) is 0 Å². The number of rotatable bonds is 6. The number of hydrogen-bond donors (Lipinski definition) is 2. The van der Waals surface area contributed by atoms with Crippen molar-refractivity contribution in [3.05, 3.63) is 52.5 Å². The summed E-state index contributed by atoms with van der Waals surface area (Å²) in [6, 6.07) is 12.2. The second-order valence-electron chi connectivity index (χ2n) is 7.31. The van der Waals surface area contributed by atoms with Crippen LogP contribution in [-0.4, -0.2) is 54.1 Å². The highest BCUT2D eigenvalue weighted by Gasteiger charge is 2.20. The molecular weight excluding hydrogens is 386 g/mol. The Morgan fingerprint density at radius 3 is 2.97 bits per heavy atom. The highest BCUT2D eigenvalue weighted by molar-refractivity contribution is 7.16. The fourth-order valence-electron chi connectivity index (χ4n) is 3.92. The summed E-state index contributed by atoms with van der Waals surface area (Å²) < 4.78 is 6.57. The number of anilines is 2. The van der Waals surface area contributed by atoms with Crippen LogP contribution in [0.3, 0.4) is 0 Å². The van der Waals surface area contributed by atoms with E-state index in [1.54, 1.807) is 11.3 Å². The van der Waals surface area contributed by atoms with Gasteiger partial charge >= 0.3 is 5.76 Å². The maximum absolute atomic E-state index is 11.5. The summed E-state index contributed by atoms with van der Waals surface area (Å²) in [6.07, 6.45) is 1.09. The van der Waals surface area contributed by atoms with Gasteiger partial charge < -0.3 is 14.6 Å². The first-order valence-corrected chi connectivity index (χ1v) is 10.8. The Morgan fingerprint density at radius 1 is 1.17 bits per heavy atom. The van der Waals surface area contributed by atoms with Gasteiger partial charge in [0.1, 0.15) is 0 Å². The molecule has 0 saturated carbocycles. The second-order valence-corrected chi connectivity index (χ2v) is 8.20. The quantitative estimate of drug-likeness (QED) is 0.476. The zero-order chi connectivity index (χ0) is 19.6. The number of oxazole rings is 1. The molecule has 0 unspecified atom stereocenters. The predicted octanol–water partition coefficient (Wildman–Crippen LogP) is 3.36. The third kappa shape index (κ3) is 3.86. The second kappa shape index (κ2) is 7.88. The normalized spacial score (nSPS) is 15.4. The Balaban J connectivity index is 1.11. The standard InChI is InChI=1S/C21H23N5O2S/c27-21-24-16-3-1-4-18(20(16)28-21)26-11-9-25(10-12-26)8-2-7-22-15-5-6-19-17(13-15)23-14-29-19/h1,3-6,13-14,22H,2,7-12H2,(H,24,27). The minimum absolute atomic E-state index is 0.396. The zero-order valence-electron chi connectivity index (χ0n) is 16.1. The van der Waals surface area contributed by atoms with Crippen LogP contribution in [0.1, 0.15) is 6.42 Å². The lowest BCUT2D eigenvalue weighted by Gasteiger charge is -2.36. The monoisotopic (exact) mass is 409 g/mol. The van der Waals surface area contributed by atoms with E-state index < -0.39 is 5.76 Å². The third-order valence-corrected chi connectivity index (χ3v) is 6.26. The van der Waals surface area contributed by atoms with Crippen LogP contribution in [0.5, 0.6) is 0 Å². The Kier molecular flexibility index (Phi) is 4.95. The van der Waals surface area contributed by atoms with Crippen LogP contribution in [0.25, 0.3) is 21.3 Å². The van der Waals surface area contributed by atoms with Gasteiger partial charge in [0.15, 0.2) is 5.58 Å². The number of piperazine rings is 1. The lowest BCUT2D eigenvalue weighted by atomic mass is 10.2. The number of hydrogen-bond acceptors (Lipinski definition) is 7. The number of thiazole rings is 1. The van der Waals surface area contributed by atoms with Crippen molar-refractivity contribution in [2.45, 2.75) is 6.42 Å². The molecule has 1 aliphatic rings. The first kappa shape index (κ1) is 18.2. The van der Waals surface area contributed by atoms with Gasteiger partial charge in [-0.2, -0.15) is 0 Å². The van der Waals surface area contributed by atoms with Crippen LogP contribution in [-0.2, 0) is 0 Å². The molecule has 29 heavy (non-hydrogen) atoms. The van der Waals surface area contributed by atoms with E-state index in [1.165, 1.54) is 4.70 Å². The number of fused-ring (bicyclic) bond motifs is 2. The first-order valence-electron chi connectivity index (χ1n) is 9.92. The molecule has 5 rings (SSSR count). The van der Waals surface area contributed by atoms with E-state index in [2.05, 4.69) is 43.3 Å². The van der Waals surface area contributed by atoms with Gasteiger partial charge in [0.05, 0.1) is 26.9 Å². The van der Waals surface area contributed by atoms with Gasteiger partial charge in [0.2, 0.25) is 0 Å². The minimum atomic E-state index is -0.396. The summed E-state index contributed by atoms with van der Waals surface area (Å²) in [6.45, 7) is 5.91. The van der Waals surface area contributed by atoms with Crippen LogP contribution in [0, 0.1) is 0 Å². The van der Waals surface area contributed by atoms with Crippen LogP contribution >= 0.6 is 11.3 Å². The van der Waals surface area contributed by atoms with Crippen molar-refractivity contribution in [1.82, 2.24) is 14.9 Å². The van der Waals surface area contributed by atoms with E-state index in [9.17, 15) is 4.79 Å². The van der Waals surface area contributed by atoms with E-state index in [-0.39, 0.29) is 0 Å². The maximum atomic E-state index is 11.5. The summed E-state index contributed by atoms with van der Waals surface area (Å²) in [4.78, 5) is 23.4. The lowest BCUT2D eigenvalue weighted by molar-refractivity contribution is 0.257. The fraction of sp³-hybridized carbons (Fsp3) is 0.333. The molecule has 0 bridgehead atoms. The fourth-order valence-corrected chi connectivity index (χ4v) is 4.58. The number of para-hydroxylation sites is 1. The minimum Gasteiger partial charge on any atom is -0.406 e. The van der Waals surface area contributed by atoms with Gasteiger partial charge in [-0.25, -0.2) is 9.78 Å². The molecule has 2 aromatic carbocycles. The Hall–Kier alpha value is -2.84. The molecule has 150 valence electrons. The summed E-state index contributed by atoms with van der Waals surface area (Å²) in [5.41, 5.74) is 6.50. The highest BCUT2D eigenvalue weighted by Crippen LogP contribution is 2.26. The number of aromatic nitrogens is 2. The Morgan fingerprint density at radius 2 is 2.07 bits per heavy atom. The van der Waals surface area contributed by atoms with Crippen molar-refractivity contribution in [3.63, 3.8) is 0 Å². The van der Waals surface area contributed by atoms with Gasteiger partial charge in [-0.1, -0.05) is 6.07 Å². The topological polar surface area (TPSA) is 77.4 Å². The predicted molar refractivity (Wildman–Crippen MR) is 118 cm³/mol. The Bertz CT molecular complexity index is 1170. The van der Waals surface area contributed by atoms with Crippen molar-refractivity contribution >= 4 is 44.0 Å². The van der Waals surface area contributed by atoms with Crippen molar-refractivity contribution in [1.29, 1.82) is 0 Å². The number of benzene rings is 2. The molecule has 1 aliphatic heterocycles. The molecule has 1 fully saturated rings. The molecule has 0 spiro atoms. The SMILES string of the molecule is O=c1[nH]c2cccc(N3CCN(CCCNc4ccc5scnc5c4)CC3)c2o1. The van der Waals surface area contributed by atoms with Crippen molar-refractivity contribution in [3.8, 4) is 0 Å². The first-order chi connectivity index (χ1) is 14.3. The van der Waals surface area contributed by atoms with Crippen LogP contribution in [0.4, 0.5) is 11.4 Å². The number of aromatic amines is 1.